The van der Waals surface area contributed by atoms with Gasteiger partial charge in [-0.25, -0.2) is 0 Å². The molecular formula is C26H36N6O3S. The van der Waals surface area contributed by atoms with Crippen LogP contribution in [0.3, 0.4) is 0 Å². The number of nitrogens with one attached hydrogen (secondary N) is 2. The second-order valence-electron chi connectivity index (χ2n) is 8.99. The Morgan fingerprint density at radius 1 is 1.28 bits per heavy atom. The molecule has 1 aromatic carbocycles. The minimum atomic E-state index is -0.896. The molecule has 2 saturated heterocycles. The summed E-state index contributed by atoms with van der Waals surface area (Å²) in [5.41, 5.74) is 0.948. The van der Waals surface area contributed by atoms with Gasteiger partial charge in [-0.3, -0.25) is 14.5 Å². The van der Waals surface area contributed by atoms with Crippen LogP contribution in [0, 0.1) is 28.6 Å². The first kappa shape index (κ1) is 27.6. The standard InChI is InChI=1S/C26H36N6O3S/c1-2-32-24(17-20(19-28)25(33)30-12-10-27)36-23(26(32)34)9-11-29-21-7-6-8-22(18-21)35-16-15-31-13-4-3-5-14-31/h6-8,18,20,23-24,29H,2-5,9,11-17H2,1H3,(H,30,33). The Morgan fingerprint density at radius 3 is 2.81 bits per heavy atom. The minimum absolute atomic E-state index is 0.0400. The number of anilines is 1. The average Bonchev–Trinajstić information content (AvgIpc) is 3.20. The van der Waals surface area contributed by atoms with Crippen molar-refractivity contribution in [2.45, 2.75) is 49.7 Å². The fourth-order valence-corrected chi connectivity index (χ4v) is 6.16. The highest BCUT2D eigenvalue weighted by Crippen LogP contribution is 2.37. The average molecular weight is 513 g/mol. The largest absolute Gasteiger partial charge is 0.492 e. The summed E-state index contributed by atoms with van der Waals surface area (Å²) in [5, 5.41) is 23.4. The van der Waals surface area contributed by atoms with Gasteiger partial charge in [-0.2, -0.15) is 10.5 Å². The van der Waals surface area contributed by atoms with E-state index in [1.807, 2.05) is 43.3 Å². The van der Waals surface area contributed by atoms with Gasteiger partial charge >= 0.3 is 0 Å². The smallest absolute Gasteiger partial charge is 0.238 e. The minimum Gasteiger partial charge on any atom is -0.492 e. The molecule has 9 nitrogen and oxygen atoms in total. The summed E-state index contributed by atoms with van der Waals surface area (Å²) in [6.07, 6.45) is 4.75. The summed E-state index contributed by atoms with van der Waals surface area (Å²) in [5.74, 6) is -0.491. The van der Waals surface area contributed by atoms with Gasteiger partial charge in [0.2, 0.25) is 11.8 Å². The van der Waals surface area contributed by atoms with Gasteiger partial charge in [-0.1, -0.05) is 12.5 Å². The van der Waals surface area contributed by atoms with Crippen LogP contribution in [0.25, 0.3) is 0 Å². The molecule has 2 heterocycles. The monoisotopic (exact) mass is 512 g/mol. The molecule has 3 unspecified atom stereocenters. The Morgan fingerprint density at radius 2 is 2.08 bits per heavy atom. The third-order valence-corrected chi connectivity index (χ3v) is 8.04. The van der Waals surface area contributed by atoms with E-state index in [2.05, 4.69) is 15.5 Å². The lowest BCUT2D eigenvalue weighted by Crippen LogP contribution is -2.38. The number of piperidine rings is 1. The van der Waals surface area contributed by atoms with E-state index in [-0.39, 0.29) is 29.5 Å². The van der Waals surface area contributed by atoms with E-state index in [9.17, 15) is 14.9 Å². The molecular weight excluding hydrogens is 476 g/mol. The molecule has 10 heteroatoms. The molecule has 2 amide bonds. The number of hydrogen-bond donors (Lipinski definition) is 2. The molecule has 1 aromatic rings. The Kier molecular flexibility index (Phi) is 11.2. The molecule has 0 aliphatic carbocycles. The first-order valence-electron chi connectivity index (χ1n) is 12.7. The number of amides is 2. The molecule has 194 valence electrons. The first-order chi connectivity index (χ1) is 17.5. The maximum atomic E-state index is 12.9. The summed E-state index contributed by atoms with van der Waals surface area (Å²) in [6.45, 7) is 6.84. The number of nitrogens with zero attached hydrogens (tertiary/aromatic N) is 4. The zero-order valence-corrected chi connectivity index (χ0v) is 21.8. The lowest BCUT2D eigenvalue weighted by atomic mass is 10.1. The molecule has 3 rings (SSSR count). The van der Waals surface area contributed by atoms with Crippen molar-refractivity contribution in [2.24, 2.45) is 5.92 Å². The highest BCUT2D eigenvalue weighted by molar-refractivity contribution is 8.01. The van der Waals surface area contributed by atoms with Gasteiger partial charge in [-0.15, -0.1) is 11.8 Å². The highest BCUT2D eigenvalue weighted by Gasteiger charge is 2.40. The summed E-state index contributed by atoms with van der Waals surface area (Å²) >= 11 is 1.51. The summed E-state index contributed by atoms with van der Waals surface area (Å²) < 4.78 is 5.96. The Bertz CT molecular complexity index is 956. The predicted octanol–water partition coefficient (Wildman–Crippen LogP) is 2.81. The molecule has 2 aliphatic heterocycles. The second-order valence-corrected chi connectivity index (χ2v) is 10.4. The highest BCUT2D eigenvalue weighted by atomic mass is 32.2. The lowest BCUT2D eigenvalue weighted by Gasteiger charge is -2.26. The zero-order valence-electron chi connectivity index (χ0n) is 20.9. The maximum Gasteiger partial charge on any atom is 0.238 e. The van der Waals surface area contributed by atoms with Crippen molar-refractivity contribution in [1.29, 1.82) is 10.5 Å². The van der Waals surface area contributed by atoms with Gasteiger partial charge in [0.1, 0.15) is 24.8 Å². The van der Waals surface area contributed by atoms with Gasteiger partial charge in [0, 0.05) is 37.8 Å². The van der Waals surface area contributed by atoms with E-state index in [1.54, 1.807) is 4.90 Å². The van der Waals surface area contributed by atoms with Crippen molar-refractivity contribution in [1.82, 2.24) is 15.1 Å². The fraction of sp³-hybridized carbons (Fsp3) is 0.615. The number of hydrogen-bond acceptors (Lipinski definition) is 8. The van der Waals surface area contributed by atoms with E-state index >= 15 is 0 Å². The van der Waals surface area contributed by atoms with Crippen molar-refractivity contribution in [3.05, 3.63) is 24.3 Å². The zero-order chi connectivity index (χ0) is 25.8. The van der Waals surface area contributed by atoms with Gasteiger partial charge < -0.3 is 20.3 Å². The third kappa shape index (κ3) is 8.04. The number of ether oxygens (including phenoxy) is 1. The number of thioether (sulfide) groups is 1. The van der Waals surface area contributed by atoms with Crippen LogP contribution in [0.4, 0.5) is 5.69 Å². The molecule has 0 saturated carbocycles. The predicted molar refractivity (Wildman–Crippen MR) is 140 cm³/mol. The van der Waals surface area contributed by atoms with Crippen LogP contribution in [0.5, 0.6) is 5.75 Å². The van der Waals surface area contributed by atoms with Crippen molar-refractivity contribution in [2.75, 3.05) is 51.2 Å². The van der Waals surface area contributed by atoms with Crippen LogP contribution >= 0.6 is 11.8 Å². The SMILES string of the molecule is CCN1C(=O)C(CCNc2cccc(OCCN3CCCCC3)c2)SC1CC(C#N)C(=O)NCC#N. The molecule has 0 aromatic heterocycles. The van der Waals surface area contributed by atoms with E-state index in [0.29, 0.717) is 26.1 Å². The molecule has 0 spiro atoms. The Hall–Kier alpha value is -2.95. The van der Waals surface area contributed by atoms with Crippen molar-refractivity contribution in [3.8, 4) is 17.9 Å². The topological polar surface area (TPSA) is 121 Å². The van der Waals surface area contributed by atoms with Gasteiger partial charge in [-0.05, 0) is 51.4 Å². The Balaban J connectivity index is 1.45. The summed E-state index contributed by atoms with van der Waals surface area (Å²) in [6, 6.07) is 11.7. The van der Waals surface area contributed by atoms with E-state index in [4.69, 9.17) is 10.00 Å². The molecule has 0 bridgehead atoms. The van der Waals surface area contributed by atoms with Gasteiger partial charge in [0.15, 0.2) is 0 Å². The normalized spacial score (nSPS) is 20.9. The number of rotatable bonds is 13. The molecule has 0 radical (unpaired) electrons. The van der Waals surface area contributed by atoms with Crippen LogP contribution < -0.4 is 15.4 Å². The first-order valence-corrected chi connectivity index (χ1v) is 13.7. The number of carbonyl (C=O) groups excluding carboxylic acids is 2. The molecule has 2 aliphatic rings. The van der Waals surface area contributed by atoms with Crippen LogP contribution in [0.1, 0.15) is 39.0 Å². The van der Waals surface area contributed by atoms with E-state index in [1.165, 1.54) is 31.0 Å². The van der Waals surface area contributed by atoms with Crippen LogP contribution in [0.2, 0.25) is 0 Å². The van der Waals surface area contributed by atoms with Crippen LogP contribution in [-0.2, 0) is 9.59 Å². The Labute approximate surface area is 218 Å². The van der Waals surface area contributed by atoms with Gasteiger partial charge in [0.25, 0.3) is 0 Å². The summed E-state index contributed by atoms with van der Waals surface area (Å²) in [7, 11) is 0. The molecule has 2 N–H and O–H groups in total. The quantitative estimate of drug-likeness (QED) is 0.387. The van der Waals surface area contributed by atoms with E-state index in [0.717, 1.165) is 31.1 Å². The third-order valence-electron chi connectivity index (χ3n) is 6.51. The molecule has 3 atom stereocenters. The maximum absolute atomic E-state index is 12.9. The number of likely N-dealkylation sites (tertiary alicyclic amines) is 1. The van der Waals surface area contributed by atoms with Crippen molar-refractivity contribution >= 4 is 29.3 Å². The summed E-state index contributed by atoms with van der Waals surface area (Å²) in [4.78, 5) is 29.3. The van der Waals surface area contributed by atoms with Crippen molar-refractivity contribution < 1.29 is 14.3 Å². The lowest BCUT2D eigenvalue weighted by molar-refractivity contribution is -0.131. The van der Waals surface area contributed by atoms with Crippen LogP contribution in [-0.4, -0.2) is 78.1 Å². The van der Waals surface area contributed by atoms with Crippen molar-refractivity contribution in [3.63, 3.8) is 0 Å². The van der Waals surface area contributed by atoms with Gasteiger partial charge in [0.05, 0.1) is 22.8 Å². The number of benzene rings is 1. The molecule has 36 heavy (non-hydrogen) atoms. The van der Waals surface area contributed by atoms with Crippen LogP contribution in [0.15, 0.2) is 24.3 Å². The van der Waals surface area contributed by atoms with E-state index < -0.39 is 11.8 Å². The molecule has 2 fully saturated rings. The second kappa shape index (κ2) is 14.6. The fourth-order valence-electron chi connectivity index (χ4n) is 4.57. The number of nitriles is 2. The number of carbonyl (C=O) groups is 2.